The van der Waals surface area contributed by atoms with Crippen molar-refractivity contribution in [1.29, 1.82) is 0 Å². The maximum Gasteiger partial charge on any atom is 2.00 e. The number of hydrogen-bond acceptors (Lipinski definition) is 3. The van der Waals surface area contributed by atoms with Crippen LogP contribution in [-0.4, -0.2) is 38.9 Å². The van der Waals surface area contributed by atoms with Gasteiger partial charge in [-0.05, 0) is 70.0 Å². The zero-order chi connectivity index (χ0) is 30.6. The van der Waals surface area contributed by atoms with Crippen LogP contribution in [0, 0.1) is 20.8 Å². The van der Waals surface area contributed by atoms with Gasteiger partial charge in [0.2, 0.25) is 0 Å². The molecule has 3 aromatic rings. The average Bonchev–Trinajstić information content (AvgIpc) is 3.50. The molecule has 44 heavy (non-hydrogen) atoms. The number of thiol groups is 1. The second kappa shape index (κ2) is 12.3. The summed E-state index contributed by atoms with van der Waals surface area (Å²) >= 11 is 1.40. The first kappa shape index (κ1) is 31.7. The molecule has 1 atom stereocenters. The fourth-order valence-electron chi connectivity index (χ4n) is 6.12. The predicted molar refractivity (Wildman–Crippen MR) is 171 cm³/mol. The van der Waals surface area contributed by atoms with Crippen LogP contribution in [0.5, 0.6) is 0 Å². The summed E-state index contributed by atoms with van der Waals surface area (Å²) in [6.45, 7) is 10.1. The number of rotatable bonds is 7. The van der Waals surface area contributed by atoms with E-state index in [4.69, 9.17) is 19.9 Å². The minimum Gasteiger partial charge on any atom is -0.657 e. The van der Waals surface area contributed by atoms with E-state index < -0.39 is 11.9 Å². The molecule has 8 bridgehead atoms. The van der Waals surface area contributed by atoms with Crippen LogP contribution in [0.4, 0.5) is 0 Å². The molecule has 0 aliphatic carbocycles. The van der Waals surface area contributed by atoms with E-state index in [1.807, 2.05) is 39.0 Å². The maximum absolute atomic E-state index is 11.6. The van der Waals surface area contributed by atoms with Crippen molar-refractivity contribution in [3.63, 3.8) is 0 Å². The van der Waals surface area contributed by atoms with Gasteiger partial charge < -0.3 is 25.2 Å². The summed E-state index contributed by atoms with van der Waals surface area (Å²) in [7, 11) is 0. The molecule has 0 amide bonds. The Kier molecular flexibility index (Phi) is 8.89. The largest absolute Gasteiger partial charge is 2.00 e. The van der Waals surface area contributed by atoms with Crippen LogP contribution in [0.2, 0.25) is 0 Å². The first-order chi connectivity index (χ1) is 20.5. The molecule has 0 aromatic carbocycles. The molecule has 228 valence electrons. The van der Waals surface area contributed by atoms with E-state index in [1.54, 1.807) is 0 Å². The van der Waals surface area contributed by atoms with Crippen LogP contribution >= 0.6 is 0 Å². The van der Waals surface area contributed by atoms with Gasteiger partial charge in [-0.3, -0.25) is 9.59 Å². The number of carboxylic acid groups (broad SMARTS) is 2. The van der Waals surface area contributed by atoms with Crippen molar-refractivity contribution in [2.45, 2.75) is 65.6 Å². The van der Waals surface area contributed by atoms with Gasteiger partial charge in [-0.2, -0.15) is 0 Å². The molecule has 8 nitrogen and oxygen atoms in total. The molecule has 10 heteroatoms. The first-order valence-corrected chi connectivity index (χ1v) is 15.7. The van der Waals surface area contributed by atoms with E-state index in [0.29, 0.717) is 29.1 Å². The zero-order valence-electron chi connectivity index (χ0n) is 25.3. The minimum absolute atomic E-state index is 0. The average molecular weight is 651 g/mol. The molecule has 1 fully saturated rings. The van der Waals surface area contributed by atoms with Gasteiger partial charge in [-0.25, -0.2) is 4.99 Å². The smallest absolute Gasteiger partial charge is 0.657 e. The third-order valence-corrected chi connectivity index (χ3v) is 9.63. The third kappa shape index (κ3) is 5.86. The van der Waals surface area contributed by atoms with Crippen LogP contribution in [0.3, 0.4) is 0 Å². The van der Waals surface area contributed by atoms with Crippen LogP contribution in [0.15, 0.2) is 21.8 Å². The third-order valence-electron chi connectivity index (χ3n) is 8.64. The molecule has 0 unspecified atom stereocenters. The van der Waals surface area contributed by atoms with Crippen molar-refractivity contribution in [1.82, 2.24) is 15.0 Å². The Hall–Kier alpha value is -3.72. The number of aliphatic carboxylic acids is 2. The number of aromatic nitrogens is 3. The first-order valence-electron chi connectivity index (χ1n) is 14.5. The van der Waals surface area contributed by atoms with E-state index in [-0.39, 0.29) is 29.9 Å². The summed E-state index contributed by atoms with van der Waals surface area (Å²) in [5.74, 6) is -0.637. The SMILES string of the molecule is C/C=c1\c(C)c2[n-]\c1=C/c1[n-]c(c(CCC(=O)O)c1C)/C=c1\[n-]/c(c(C)c1CCC(=O)O)=C\C1=NC(=C\2)/C([C@H]2C[SH+]2)=C1C.[Fe+2]. The summed E-state index contributed by atoms with van der Waals surface area (Å²) in [6.07, 6.45) is 10.6. The van der Waals surface area contributed by atoms with Crippen molar-refractivity contribution in [2.24, 2.45) is 4.99 Å². The maximum atomic E-state index is 11.6. The van der Waals surface area contributed by atoms with E-state index >= 15 is 0 Å². The molecule has 3 aliphatic rings. The molecular weight excluding hydrogens is 616 g/mol. The second-order valence-corrected chi connectivity index (χ2v) is 12.7. The van der Waals surface area contributed by atoms with Gasteiger partial charge >= 0.3 is 29.0 Å². The molecule has 3 aromatic heterocycles. The summed E-state index contributed by atoms with van der Waals surface area (Å²) in [6, 6.07) is 0. The van der Waals surface area contributed by atoms with Crippen LogP contribution in [0.1, 0.15) is 71.6 Å². The molecule has 6 heterocycles. The Bertz CT molecular complexity index is 2050. The standard InChI is InChI=1S/C34H35N4O4S.Fe/c1-6-20-16(2)25-13-30-34(31-15-43-31)19(5)26(38-30)11-23-17(3)21(7-9-32(39)40)28(36-23)14-29-22(8-10-33(41)42)18(4)24(37-29)12-27(20)35-25;/h6,11-14,31H,7-10,15H2,1-5H3,(H4-,35,36,37,38,39,40,41,42);/q-1;+2/p-1/b20-6+,30-13-;/t31-;/m1./s1. The fourth-order valence-corrected chi connectivity index (χ4v) is 6.91. The van der Waals surface area contributed by atoms with E-state index in [0.717, 1.165) is 77.9 Å². The number of carbonyl (C=O) groups is 2. The predicted octanol–water partition coefficient (Wildman–Crippen LogP) is 1.08. The van der Waals surface area contributed by atoms with Crippen molar-refractivity contribution in [3.8, 4) is 0 Å². The van der Waals surface area contributed by atoms with E-state index in [9.17, 15) is 19.8 Å². The Morgan fingerprint density at radius 1 is 0.841 bits per heavy atom. The Morgan fingerprint density at radius 2 is 1.48 bits per heavy atom. The number of carboxylic acids is 2. The Balaban J connectivity index is 0.00000384. The van der Waals surface area contributed by atoms with Gasteiger partial charge in [0.1, 0.15) is 0 Å². The van der Waals surface area contributed by atoms with Crippen LogP contribution in [0.25, 0.3) is 30.4 Å². The van der Waals surface area contributed by atoms with Crippen molar-refractivity contribution in [3.05, 3.63) is 83.0 Å². The summed E-state index contributed by atoms with van der Waals surface area (Å²) in [5, 5.41) is 22.7. The summed E-state index contributed by atoms with van der Waals surface area (Å²) < 4.78 is 0. The quantitative estimate of drug-likeness (QED) is 0.170. The Morgan fingerprint density at radius 3 is 2.11 bits per heavy atom. The molecule has 1 saturated heterocycles. The van der Waals surface area contributed by atoms with Crippen molar-refractivity contribution >= 4 is 59.8 Å². The zero-order valence-corrected chi connectivity index (χ0v) is 27.3. The van der Waals surface area contributed by atoms with Gasteiger partial charge in [0.25, 0.3) is 0 Å². The summed E-state index contributed by atoms with van der Waals surface area (Å²) in [4.78, 5) is 43.2. The van der Waals surface area contributed by atoms with E-state index in [1.165, 1.54) is 17.3 Å². The van der Waals surface area contributed by atoms with Gasteiger partial charge in [0, 0.05) is 18.4 Å². The van der Waals surface area contributed by atoms with Crippen LogP contribution < -0.4 is 36.2 Å². The number of hydrogen-bond donors (Lipinski definition) is 2. The normalized spacial score (nSPS) is 20.8. The molecule has 6 rings (SSSR count). The molecule has 2 N–H and O–H groups in total. The summed E-state index contributed by atoms with van der Waals surface area (Å²) in [5.41, 5.74) is 11.0. The van der Waals surface area contributed by atoms with Gasteiger partial charge in [-0.1, -0.05) is 58.2 Å². The van der Waals surface area contributed by atoms with Gasteiger partial charge in [0.05, 0.1) is 11.4 Å². The van der Waals surface area contributed by atoms with Crippen molar-refractivity contribution < 1.29 is 36.9 Å². The molecule has 3 aliphatic heterocycles. The monoisotopic (exact) mass is 650 g/mol. The topological polar surface area (TPSA) is 129 Å². The van der Waals surface area contributed by atoms with Gasteiger partial charge in [0.15, 0.2) is 11.0 Å². The van der Waals surface area contributed by atoms with E-state index in [2.05, 4.69) is 26.0 Å². The second-order valence-electron chi connectivity index (χ2n) is 11.3. The number of nitrogens with zero attached hydrogens (tertiary/aromatic N) is 4. The number of allylic oxidation sites excluding steroid dienone is 2. The molecule has 0 radical (unpaired) electrons. The molecule has 0 saturated carbocycles. The number of aliphatic imine (C=N–C) groups is 1. The van der Waals surface area contributed by atoms with Crippen molar-refractivity contribution in [2.75, 3.05) is 5.75 Å². The minimum atomic E-state index is -0.880. The van der Waals surface area contributed by atoms with Crippen LogP contribution in [-0.2, 0) is 51.3 Å². The van der Waals surface area contributed by atoms with Gasteiger partial charge in [-0.15, -0.1) is 33.1 Å². The number of fused-ring (bicyclic) bond motifs is 7. The fraction of sp³-hybridized carbons (Fsp3) is 0.324. The molecule has 0 spiro atoms. The Labute approximate surface area is 270 Å². The molecular formula is C34H34FeN4O4S.